The van der Waals surface area contributed by atoms with Gasteiger partial charge >= 0.3 is 11.9 Å². The zero-order chi connectivity index (χ0) is 13.4. The molecule has 1 aromatic rings. The minimum Gasteiger partial charge on any atom is -0.258 e. The zero-order valence-corrected chi connectivity index (χ0v) is 7.63. The number of rotatable bonds is 2. The third kappa shape index (κ3) is 2.63. The Kier molecular flexibility index (Phi) is 3.25. The second-order valence-electron chi connectivity index (χ2n) is 2.79. The first-order chi connectivity index (χ1) is 7.64. The summed E-state index contributed by atoms with van der Waals surface area (Å²) in [6.45, 7) is 0. The van der Waals surface area contributed by atoms with E-state index in [9.17, 15) is 36.5 Å². The van der Waals surface area contributed by atoms with E-state index in [4.69, 9.17) is 0 Å². The number of hydrogen-bond acceptors (Lipinski definition) is 3. The maximum atomic E-state index is 12.9. The molecule has 0 fully saturated rings. The third-order valence-corrected chi connectivity index (χ3v) is 1.68. The molecule has 0 aliphatic carbocycles. The lowest BCUT2D eigenvalue weighted by atomic mass is 10.2. The molecule has 0 aliphatic rings. The Balaban J connectivity index is 3.57. The summed E-state index contributed by atoms with van der Waals surface area (Å²) < 4.78 is 73.9. The topological polar surface area (TPSA) is 56.0 Å². The van der Waals surface area contributed by atoms with Gasteiger partial charge in [-0.15, -0.1) is 0 Å². The molecule has 4 nitrogen and oxygen atoms in total. The smallest absolute Gasteiger partial charge is 0.258 e. The molecule has 0 spiro atoms. The van der Waals surface area contributed by atoms with Gasteiger partial charge in [0.25, 0.3) is 12.4 Å². The van der Waals surface area contributed by atoms with E-state index >= 15 is 0 Å². The van der Waals surface area contributed by atoms with Crippen LogP contribution in [0, 0.1) is 16.1 Å². The van der Waals surface area contributed by atoms with Crippen molar-refractivity contribution in [2.45, 2.75) is 12.6 Å². The van der Waals surface area contributed by atoms with Crippen molar-refractivity contribution in [1.82, 2.24) is 4.98 Å². The molecule has 0 N–H and O–H groups in total. The highest BCUT2D eigenvalue weighted by molar-refractivity contribution is 5.42. The standard InChI is InChI=1S/C7H2F6N2O2/c8-5(9)3-1-2(7(11,12)13)4(15(16)17)6(10)14-3/h1,5H. The summed E-state index contributed by atoms with van der Waals surface area (Å²) in [6.07, 6.45) is -8.79. The fraction of sp³-hybridized carbons (Fsp3) is 0.286. The first kappa shape index (κ1) is 13.2. The van der Waals surface area contributed by atoms with Crippen molar-refractivity contribution in [3.63, 3.8) is 0 Å². The summed E-state index contributed by atoms with van der Waals surface area (Å²) in [7, 11) is 0. The molecule has 10 heteroatoms. The van der Waals surface area contributed by atoms with Gasteiger partial charge in [-0.3, -0.25) is 10.1 Å². The van der Waals surface area contributed by atoms with Crippen molar-refractivity contribution in [3.05, 3.63) is 33.4 Å². The Hall–Kier alpha value is -1.87. The average Bonchev–Trinajstić information content (AvgIpc) is 2.14. The quantitative estimate of drug-likeness (QED) is 0.355. The zero-order valence-electron chi connectivity index (χ0n) is 7.63. The average molecular weight is 260 g/mol. The van der Waals surface area contributed by atoms with Gasteiger partial charge in [0, 0.05) is 0 Å². The fourth-order valence-corrected chi connectivity index (χ4v) is 1.03. The predicted molar refractivity (Wildman–Crippen MR) is 40.8 cm³/mol. The Morgan fingerprint density at radius 1 is 1.35 bits per heavy atom. The number of halogens is 6. The van der Waals surface area contributed by atoms with Gasteiger partial charge in [-0.2, -0.15) is 17.6 Å². The van der Waals surface area contributed by atoms with Crippen molar-refractivity contribution in [2.75, 3.05) is 0 Å². The lowest BCUT2D eigenvalue weighted by molar-refractivity contribution is -0.391. The van der Waals surface area contributed by atoms with Crippen LogP contribution in [0.4, 0.5) is 32.0 Å². The molecule has 0 aliphatic heterocycles. The van der Waals surface area contributed by atoms with Crippen molar-refractivity contribution in [3.8, 4) is 0 Å². The molecule has 0 saturated carbocycles. The van der Waals surface area contributed by atoms with Crippen LogP contribution in [0.1, 0.15) is 17.7 Å². The van der Waals surface area contributed by atoms with E-state index in [0.717, 1.165) is 0 Å². The molecule has 0 saturated heterocycles. The number of hydrogen-bond donors (Lipinski definition) is 0. The maximum Gasteiger partial charge on any atom is 0.423 e. The van der Waals surface area contributed by atoms with Gasteiger partial charge in [0.2, 0.25) is 0 Å². The summed E-state index contributed by atoms with van der Waals surface area (Å²) in [4.78, 5) is 11.0. The molecule has 0 aromatic carbocycles. The molecule has 1 rings (SSSR count). The molecular weight excluding hydrogens is 258 g/mol. The van der Waals surface area contributed by atoms with Gasteiger partial charge in [-0.05, 0) is 6.07 Å². The highest BCUT2D eigenvalue weighted by Gasteiger charge is 2.42. The van der Waals surface area contributed by atoms with Crippen LogP contribution < -0.4 is 0 Å². The lowest BCUT2D eigenvalue weighted by Gasteiger charge is -2.09. The van der Waals surface area contributed by atoms with Crippen LogP contribution in [-0.4, -0.2) is 9.91 Å². The molecule has 0 atom stereocenters. The van der Waals surface area contributed by atoms with E-state index in [-0.39, 0.29) is 6.07 Å². The van der Waals surface area contributed by atoms with E-state index in [2.05, 4.69) is 4.98 Å². The van der Waals surface area contributed by atoms with Crippen molar-refractivity contribution < 1.29 is 31.3 Å². The lowest BCUT2D eigenvalue weighted by Crippen LogP contribution is -2.13. The number of nitro groups is 1. The van der Waals surface area contributed by atoms with Crippen LogP contribution in [0.25, 0.3) is 0 Å². The van der Waals surface area contributed by atoms with E-state index in [1.165, 1.54) is 0 Å². The van der Waals surface area contributed by atoms with E-state index in [1.54, 1.807) is 0 Å². The van der Waals surface area contributed by atoms with E-state index in [0.29, 0.717) is 0 Å². The Bertz CT molecular complexity index is 458. The normalized spacial score (nSPS) is 11.9. The maximum absolute atomic E-state index is 12.9. The molecule has 0 unspecified atom stereocenters. The molecular formula is C7H2F6N2O2. The number of alkyl halides is 5. The molecule has 1 heterocycles. The molecule has 1 aromatic heterocycles. The first-order valence-electron chi connectivity index (χ1n) is 3.84. The minimum atomic E-state index is -5.32. The fourth-order valence-electron chi connectivity index (χ4n) is 1.03. The molecule has 0 radical (unpaired) electrons. The third-order valence-electron chi connectivity index (χ3n) is 1.68. The van der Waals surface area contributed by atoms with Crippen molar-refractivity contribution in [2.24, 2.45) is 0 Å². The van der Waals surface area contributed by atoms with Crippen molar-refractivity contribution >= 4 is 5.69 Å². The summed E-state index contributed by atoms with van der Waals surface area (Å²) in [6, 6.07) is -0.244. The van der Waals surface area contributed by atoms with Crippen LogP contribution in [0.15, 0.2) is 6.07 Å². The number of aromatic nitrogens is 1. The van der Waals surface area contributed by atoms with Gasteiger partial charge in [0.1, 0.15) is 11.3 Å². The monoisotopic (exact) mass is 260 g/mol. The summed E-state index contributed by atoms with van der Waals surface area (Å²) >= 11 is 0. The number of nitrogens with zero attached hydrogens (tertiary/aromatic N) is 2. The van der Waals surface area contributed by atoms with E-state index in [1.807, 2.05) is 0 Å². The molecule has 17 heavy (non-hydrogen) atoms. The predicted octanol–water partition coefficient (Wildman–Crippen LogP) is 3.09. The molecule has 0 bridgehead atoms. The first-order valence-corrected chi connectivity index (χ1v) is 3.84. The van der Waals surface area contributed by atoms with Gasteiger partial charge in [0.05, 0.1) is 4.92 Å². The van der Waals surface area contributed by atoms with Gasteiger partial charge in [0.15, 0.2) is 0 Å². The number of pyridine rings is 1. The summed E-state index contributed by atoms with van der Waals surface area (Å²) in [5, 5.41) is 10.2. The van der Waals surface area contributed by atoms with Crippen molar-refractivity contribution in [1.29, 1.82) is 0 Å². The van der Waals surface area contributed by atoms with Gasteiger partial charge < -0.3 is 0 Å². The Labute approximate surface area is 89.0 Å². The van der Waals surface area contributed by atoms with Crippen LogP contribution in [0.2, 0.25) is 0 Å². The highest BCUT2D eigenvalue weighted by Crippen LogP contribution is 2.38. The van der Waals surface area contributed by atoms with E-state index < -0.39 is 40.4 Å². The molecule has 0 amide bonds. The van der Waals surface area contributed by atoms with Crippen LogP contribution in [0.5, 0.6) is 0 Å². The Morgan fingerprint density at radius 3 is 2.24 bits per heavy atom. The highest BCUT2D eigenvalue weighted by atomic mass is 19.4. The SMILES string of the molecule is O=[N+]([O-])c1c(C(F)(F)F)cc(C(F)F)nc1F. The van der Waals surface area contributed by atoms with Crippen LogP contribution in [0.3, 0.4) is 0 Å². The van der Waals surface area contributed by atoms with Gasteiger partial charge in [-0.25, -0.2) is 13.8 Å². The summed E-state index contributed by atoms with van der Waals surface area (Å²) in [5.41, 5.74) is -5.58. The van der Waals surface area contributed by atoms with Crippen LogP contribution >= 0.6 is 0 Å². The second kappa shape index (κ2) is 4.18. The van der Waals surface area contributed by atoms with Crippen LogP contribution in [-0.2, 0) is 6.18 Å². The second-order valence-corrected chi connectivity index (χ2v) is 2.79. The minimum absolute atomic E-state index is 0.244. The largest absolute Gasteiger partial charge is 0.423 e. The summed E-state index contributed by atoms with van der Waals surface area (Å²) in [5.74, 6) is -2.19. The molecule has 94 valence electrons. The van der Waals surface area contributed by atoms with Gasteiger partial charge in [-0.1, -0.05) is 0 Å². The Morgan fingerprint density at radius 2 is 1.88 bits per heavy atom.